The molecule has 0 radical (unpaired) electrons. The average molecular weight is 437 g/mol. The Morgan fingerprint density at radius 1 is 0.938 bits per heavy atom. The van der Waals surface area contributed by atoms with Crippen molar-refractivity contribution in [3.8, 4) is 39.9 Å². The lowest BCUT2D eigenvalue weighted by Gasteiger charge is -2.15. The topological polar surface area (TPSA) is 108 Å². The number of methoxy groups -OCH3 is 4. The van der Waals surface area contributed by atoms with Crippen LogP contribution in [0.3, 0.4) is 0 Å². The molecule has 2 aromatic carbocycles. The number of rotatable bonds is 7. The van der Waals surface area contributed by atoms with E-state index in [0.29, 0.717) is 45.2 Å². The third-order valence-corrected chi connectivity index (χ3v) is 5.23. The van der Waals surface area contributed by atoms with Crippen molar-refractivity contribution >= 4 is 11.0 Å². The Kier molecular flexibility index (Phi) is 5.63. The third-order valence-electron chi connectivity index (χ3n) is 5.23. The molecular formula is C23H23N3O6. The van der Waals surface area contributed by atoms with E-state index in [1.54, 1.807) is 61.5 Å². The Balaban J connectivity index is 1.87. The molecule has 0 saturated carbocycles. The van der Waals surface area contributed by atoms with Gasteiger partial charge in [0.2, 0.25) is 5.75 Å². The van der Waals surface area contributed by atoms with E-state index in [2.05, 4.69) is 9.97 Å². The van der Waals surface area contributed by atoms with Crippen molar-refractivity contribution in [2.24, 2.45) is 0 Å². The number of nitrogens with zero attached hydrogens (tertiary/aromatic N) is 2. The lowest BCUT2D eigenvalue weighted by molar-refractivity contribution is 0.323. The summed E-state index contributed by atoms with van der Waals surface area (Å²) in [4.78, 5) is 19.9. The summed E-state index contributed by atoms with van der Waals surface area (Å²) in [6, 6.07) is 8.64. The van der Waals surface area contributed by atoms with E-state index in [9.17, 15) is 9.90 Å². The Labute approximate surface area is 183 Å². The van der Waals surface area contributed by atoms with E-state index < -0.39 is 0 Å². The number of aromatic amines is 1. The number of imidazole rings is 1. The van der Waals surface area contributed by atoms with Crippen LogP contribution >= 0.6 is 0 Å². The Hall–Kier alpha value is -4.14. The second-order valence-electron chi connectivity index (χ2n) is 7.02. The Morgan fingerprint density at radius 3 is 2.22 bits per heavy atom. The molecule has 0 amide bonds. The Bertz CT molecular complexity index is 1320. The van der Waals surface area contributed by atoms with Gasteiger partial charge in [0.15, 0.2) is 23.0 Å². The molecule has 0 aliphatic heterocycles. The zero-order valence-corrected chi connectivity index (χ0v) is 18.1. The van der Waals surface area contributed by atoms with Gasteiger partial charge in [0.05, 0.1) is 52.2 Å². The van der Waals surface area contributed by atoms with Crippen LogP contribution in [0.5, 0.6) is 28.7 Å². The molecule has 2 N–H and O–H groups in total. The number of hydrogen-bond acceptors (Lipinski definition) is 7. The maximum absolute atomic E-state index is 12.8. The molecule has 9 heteroatoms. The van der Waals surface area contributed by atoms with Gasteiger partial charge >= 0.3 is 5.69 Å². The van der Waals surface area contributed by atoms with Gasteiger partial charge in [-0.3, -0.25) is 9.55 Å². The number of aromatic nitrogens is 3. The maximum atomic E-state index is 12.8. The van der Waals surface area contributed by atoms with Gasteiger partial charge in [-0.05, 0) is 35.4 Å². The summed E-state index contributed by atoms with van der Waals surface area (Å²) in [7, 11) is 6.10. The fourth-order valence-corrected chi connectivity index (χ4v) is 3.75. The van der Waals surface area contributed by atoms with Crippen LogP contribution in [0.2, 0.25) is 0 Å². The third kappa shape index (κ3) is 3.58. The summed E-state index contributed by atoms with van der Waals surface area (Å²) in [5, 5.41) is 10.2. The average Bonchev–Trinajstić information content (AvgIpc) is 3.13. The summed E-state index contributed by atoms with van der Waals surface area (Å²) in [6.07, 6.45) is 3.25. The number of phenolic OH excluding ortho intramolecular Hbond substituents is 1. The molecule has 0 saturated heterocycles. The minimum absolute atomic E-state index is 0.00365. The highest BCUT2D eigenvalue weighted by Gasteiger charge is 2.18. The van der Waals surface area contributed by atoms with Gasteiger partial charge in [0, 0.05) is 11.8 Å². The standard InChI is InChI=1S/C23H23N3O6/c1-29-18-6-5-14(9-17(18)27)15-10-24-11-16-21(15)26(23(28)25-16)12-13-7-19(30-2)22(32-4)20(8-13)31-3/h5-11,27H,12H2,1-4H3,(H,25,28). The molecule has 0 fully saturated rings. The van der Waals surface area contributed by atoms with Crippen LogP contribution in [0.1, 0.15) is 5.56 Å². The van der Waals surface area contributed by atoms with Crippen molar-refractivity contribution in [3.05, 3.63) is 58.8 Å². The molecule has 0 unspecified atom stereocenters. The van der Waals surface area contributed by atoms with E-state index in [1.165, 1.54) is 14.2 Å². The highest BCUT2D eigenvalue weighted by atomic mass is 16.5. The van der Waals surface area contributed by atoms with Gasteiger partial charge in [0.25, 0.3) is 0 Å². The largest absolute Gasteiger partial charge is 0.504 e. The van der Waals surface area contributed by atoms with Crippen LogP contribution < -0.4 is 24.6 Å². The molecule has 4 rings (SSSR count). The van der Waals surface area contributed by atoms with Gasteiger partial charge in [0.1, 0.15) is 0 Å². The van der Waals surface area contributed by atoms with Crippen molar-refractivity contribution < 1.29 is 24.1 Å². The SMILES string of the molecule is COc1ccc(-c2cncc3[nH]c(=O)n(Cc4cc(OC)c(OC)c(OC)c4)c23)cc1O. The van der Waals surface area contributed by atoms with Gasteiger partial charge in [-0.15, -0.1) is 0 Å². The van der Waals surface area contributed by atoms with Gasteiger partial charge < -0.3 is 29.0 Å². The summed E-state index contributed by atoms with van der Waals surface area (Å²) >= 11 is 0. The van der Waals surface area contributed by atoms with Crippen molar-refractivity contribution in [1.82, 2.24) is 14.5 Å². The van der Waals surface area contributed by atoms with Crippen LogP contribution in [0, 0.1) is 0 Å². The number of H-pyrrole nitrogens is 1. The lowest BCUT2D eigenvalue weighted by Crippen LogP contribution is -2.17. The fraction of sp³-hybridized carbons (Fsp3) is 0.217. The zero-order chi connectivity index (χ0) is 22.8. The number of ether oxygens (including phenoxy) is 4. The number of pyridine rings is 1. The van der Waals surface area contributed by atoms with E-state index >= 15 is 0 Å². The number of aromatic hydroxyl groups is 1. The first-order chi connectivity index (χ1) is 15.5. The molecular weight excluding hydrogens is 414 g/mol. The second kappa shape index (κ2) is 8.54. The number of fused-ring (bicyclic) bond motifs is 1. The second-order valence-corrected chi connectivity index (χ2v) is 7.02. The molecule has 2 aromatic heterocycles. The van der Waals surface area contributed by atoms with Crippen LogP contribution in [-0.4, -0.2) is 48.1 Å². The van der Waals surface area contributed by atoms with Crippen LogP contribution in [0.15, 0.2) is 47.5 Å². The van der Waals surface area contributed by atoms with E-state index in [1.807, 2.05) is 0 Å². The molecule has 4 aromatic rings. The molecule has 166 valence electrons. The number of benzene rings is 2. The lowest BCUT2D eigenvalue weighted by atomic mass is 10.1. The van der Waals surface area contributed by atoms with Crippen LogP contribution in [0.25, 0.3) is 22.2 Å². The Morgan fingerprint density at radius 2 is 1.62 bits per heavy atom. The zero-order valence-electron chi connectivity index (χ0n) is 18.1. The number of hydrogen-bond donors (Lipinski definition) is 2. The number of nitrogens with one attached hydrogen (secondary N) is 1. The van der Waals surface area contributed by atoms with Crippen molar-refractivity contribution in [2.75, 3.05) is 28.4 Å². The summed E-state index contributed by atoms with van der Waals surface area (Å²) in [6.45, 7) is 0.245. The summed E-state index contributed by atoms with van der Waals surface area (Å²) in [5.74, 6) is 1.82. The molecule has 0 aliphatic carbocycles. The van der Waals surface area contributed by atoms with Crippen LogP contribution in [-0.2, 0) is 6.54 Å². The predicted octanol–water partition coefficient (Wildman–Crippen LogP) is 3.18. The first-order valence-corrected chi connectivity index (χ1v) is 9.73. The van der Waals surface area contributed by atoms with Gasteiger partial charge in [-0.2, -0.15) is 0 Å². The van der Waals surface area contributed by atoms with Crippen molar-refractivity contribution in [3.63, 3.8) is 0 Å². The first kappa shape index (κ1) is 21.1. The minimum atomic E-state index is -0.291. The fourth-order valence-electron chi connectivity index (χ4n) is 3.75. The molecule has 0 spiro atoms. The molecule has 32 heavy (non-hydrogen) atoms. The maximum Gasteiger partial charge on any atom is 0.326 e. The molecule has 0 atom stereocenters. The normalized spacial score (nSPS) is 10.9. The predicted molar refractivity (Wildman–Crippen MR) is 119 cm³/mol. The van der Waals surface area contributed by atoms with Gasteiger partial charge in [-0.25, -0.2) is 4.79 Å². The smallest absolute Gasteiger partial charge is 0.326 e. The quantitative estimate of drug-likeness (QED) is 0.457. The van der Waals surface area contributed by atoms with Crippen molar-refractivity contribution in [1.29, 1.82) is 0 Å². The first-order valence-electron chi connectivity index (χ1n) is 9.73. The van der Waals surface area contributed by atoms with Crippen molar-refractivity contribution in [2.45, 2.75) is 6.54 Å². The summed E-state index contributed by atoms with van der Waals surface area (Å²) < 4.78 is 23.0. The number of phenols is 1. The van der Waals surface area contributed by atoms with E-state index in [4.69, 9.17) is 18.9 Å². The summed E-state index contributed by atoms with van der Waals surface area (Å²) in [5.41, 5.74) is 3.10. The van der Waals surface area contributed by atoms with Crippen LogP contribution in [0.4, 0.5) is 0 Å². The van der Waals surface area contributed by atoms with E-state index in [-0.39, 0.29) is 18.0 Å². The minimum Gasteiger partial charge on any atom is -0.504 e. The highest BCUT2D eigenvalue weighted by Crippen LogP contribution is 2.39. The van der Waals surface area contributed by atoms with E-state index in [0.717, 1.165) is 5.56 Å². The highest BCUT2D eigenvalue weighted by molar-refractivity contribution is 5.91. The monoisotopic (exact) mass is 437 g/mol. The molecule has 2 heterocycles. The molecule has 0 aliphatic rings. The van der Waals surface area contributed by atoms with Gasteiger partial charge in [-0.1, -0.05) is 6.07 Å². The molecule has 0 bridgehead atoms. The molecule has 9 nitrogen and oxygen atoms in total.